The van der Waals surface area contributed by atoms with Crippen LogP contribution in [-0.2, 0) is 42.6 Å². The molecule has 204 valence electrons. The molecule has 4 rings (SSSR count). The van der Waals surface area contributed by atoms with Crippen LogP contribution in [0.15, 0.2) is 88.4 Å². The molecular formula is C28H28BrN2O7P. The van der Waals surface area contributed by atoms with Gasteiger partial charge in [-0.2, -0.15) is 0 Å². The highest BCUT2D eigenvalue weighted by molar-refractivity contribution is 9.10. The minimum absolute atomic E-state index is 0.0505. The molecule has 0 amide bonds. The van der Waals surface area contributed by atoms with Crippen molar-refractivity contribution in [3.8, 4) is 0 Å². The number of hydrogen-bond acceptors (Lipinski definition) is 8. The van der Waals surface area contributed by atoms with Gasteiger partial charge in [0, 0.05) is 29.8 Å². The van der Waals surface area contributed by atoms with Crippen LogP contribution in [0.25, 0.3) is 11.0 Å². The van der Waals surface area contributed by atoms with E-state index in [0.717, 1.165) is 11.1 Å². The maximum absolute atomic E-state index is 13.7. The predicted molar refractivity (Wildman–Crippen MR) is 150 cm³/mol. The molecule has 11 heteroatoms. The van der Waals surface area contributed by atoms with E-state index in [2.05, 4.69) is 20.9 Å². The molecule has 0 spiro atoms. The molecular weight excluding hydrogens is 587 g/mol. The summed E-state index contributed by atoms with van der Waals surface area (Å²) in [7, 11) is -4.22. The summed E-state index contributed by atoms with van der Waals surface area (Å²) in [6.45, 7) is 3.92. The van der Waals surface area contributed by atoms with Crippen molar-refractivity contribution in [2.45, 2.75) is 46.3 Å². The van der Waals surface area contributed by atoms with Gasteiger partial charge in [0.1, 0.15) is 11.2 Å². The number of pyridine rings is 2. The minimum atomic E-state index is -4.22. The third-order valence-corrected chi connectivity index (χ3v) is 7.54. The van der Waals surface area contributed by atoms with Crippen LogP contribution in [0.5, 0.6) is 0 Å². The Morgan fingerprint density at radius 3 is 2.13 bits per heavy atom. The molecule has 2 aromatic carbocycles. The Balaban J connectivity index is 1.56. The lowest BCUT2D eigenvalue weighted by Crippen LogP contribution is -2.26. The molecule has 1 atom stereocenters. The first kappa shape index (κ1) is 28.9. The number of carbonyl (C=O) groups is 1. The van der Waals surface area contributed by atoms with Crippen molar-refractivity contribution in [1.29, 1.82) is 0 Å². The highest BCUT2D eigenvalue weighted by Gasteiger charge is 2.33. The second-order valence-corrected chi connectivity index (χ2v) is 11.0. The first-order valence-electron chi connectivity index (χ1n) is 12.4. The van der Waals surface area contributed by atoms with Crippen molar-refractivity contribution in [2.24, 2.45) is 0 Å². The fourth-order valence-corrected chi connectivity index (χ4v) is 5.32. The van der Waals surface area contributed by atoms with Gasteiger partial charge in [0.25, 0.3) is 0 Å². The Hall–Kier alpha value is -3.14. The summed E-state index contributed by atoms with van der Waals surface area (Å²) in [6.07, 6.45) is 1.80. The molecule has 39 heavy (non-hydrogen) atoms. The third kappa shape index (κ3) is 7.50. The standard InChI is InChI=1S/C28H28BrN2O7P/c1-3-25(37-28(33)24-17-31(4-2)27-23(26(24)32)15-22(29)16-30-27)38-39(34,35-18-20-11-7-5-8-12-20)36-19-21-13-9-6-10-14-21/h5-17,25H,3-4,18-19H2,1-2H3. The van der Waals surface area contributed by atoms with E-state index in [1.807, 2.05) is 67.6 Å². The van der Waals surface area contributed by atoms with Crippen molar-refractivity contribution in [1.82, 2.24) is 9.55 Å². The lowest BCUT2D eigenvalue weighted by molar-refractivity contribution is -0.0708. The third-order valence-electron chi connectivity index (χ3n) is 5.72. The predicted octanol–water partition coefficient (Wildman–Crippen LogP) is 6.63. The topological polar surface area (TPSA) is 106 Å². The highest BCUT2D eigenvalue weighted by atomic mass is 79.9. The number of benzene rings is 2. The number of aromatic nitrogens is 2. The molecule has 0 saturated heterocycles. The van der Waals surface area contributed by atoms with Gasteiger partial charge >= 0.3 is 13.8 Å². The normalized spacial score (nSPS) is 12.4. The van der Waals surface area contributed by atoms with E-state index in [1.54, 1.807) is 23.8 Å². The van der Waals surface area contributed by atoms with Crippen molar-refractivity contribution in [2.75, 3.05) is 0 Å². The SMILES string of the molecule is CCC(OC(=O)c1cn(CC)c2ncc(Br)cc2c1=O)OP(=O)(OCc1ccccc1)OCc1ccccc1. The Bertz CT molecular complexity index is 1480. The average molecular weight is 615 g/mol. The molecule has 0 aliphatic rings. The Labute approximate surface area is 234 Å². The first-order chi connectivity index (χ1) is 18.8. The van der Waals surface area contributed by atoms with Crippen LogP contribution in [-0.4, -0.2) is 21.8 Å². The number of ether oxygens (including phenoxy) is 1. The number of esters is 1. The molecule has 0 fully saturated rings. The van der Waals surface area contributed by atoms with E-state index in [-0.39, 0.29) is 30.6 Å². The average Bonchev–Trinajstić information content (AvgIpc) is 2.96. The molecule has 0 aliphatic carbocycles. The number of nitrogens with zero attached hydrogens (tertiary/aromatic N) is 2. The number of carbonyl (C=O) groups excluding carboxylic acids is 1. The zero-order valence-electron chi connectivity index (χ0n) is 21.5. The number of phosphoric acid groups is 1. The molecule has 9 nitrogen and oxygen atoms in total. The number of fused-ring (bicyclic) bond motifs is 1. The first-order valence-corrected chi connectivity index (χ1v) is 14.6. The van der Waals surface area contributed by atoms with Crippen molar-refractivity contribution in [3.05, 3.63) is 111 Å². The molecule has 2 aromatic heterocycles. The van der Waals surface area contributed by atoms with Gasteiger partial charge in [-0.3, -0.25) is 13.8 Å². The zero-order chi connectivity index (χ0) is 27.8. The lowest BCUT2D eigenvalue weighted by Gasteiger charge is -2.23. The number of aryl methyl sites for hydroxylation is 1. The summed E-state index contributed by atoms with van der Waals surface area (Å²) in [5.74, 6) is -0.923. The Morgan fingerprint density at radius 2 is 1.59 bits per heavy atom. The molecule has 0 radical (unpaired) electrons. The van der Waals surface area contributed by atoms with E-state index >= 15 is 0 Å². The van der Waals surface area contributed by atoms with E-state index in [4.69, 9.17) is 18.3 Å². The van der Waals surface area contributed by atoms with Gasteiger partial charge in [-0.15, -0.1) is 0 Å². The second-order valence-electron chi connectivity index (χ2n) is 8.50. The van der Waals surface area contributed by atoms with Gasteiger partial charge in [-0.1, -0.05) is 67.6 Å². The fraction of sp³-hybridized carbons (Fsp3) is 0.250. The van der Waals surface area contributed by atoms with Crippen molar-refractivity contribution >= 4 is 40.8 Å². The largest absolute Gasteiger partial charge is 0.478 e. The van der Waals surface area contributed by atoms with Crippen LogP contribution in [0.4, 0.5) is 0 Å². The summed E-state index contributed by atoms with van der Waals surface area (Å²) in [4.78, 5) is 30.6. The van der Waals surface area contributed by atoms with E-state index in [9.17, 15) is 14.2 Å². The Morgan fingerprint density at radius 1 is 1.00 bits per heavy atom. The van der Waals surface area contributed by atoms with Crippen LogP contribution in [0.2, 0.25) is 0 Å². The molecule has 0 bridgehead atoms. The number of rotatable bonds is 12. The fourth-order valence-electron chi connectivity index (χ4n) is 3.70. The van der Waals surface area contributed by atoms with Gasteiger partial charge in [0.15, 0.2) is 0 Å². The maximum atomic E-state index is 13.7. The summed E-state index contributed by atoms with van der Waals surface area (Å²) in [5, 5.41) is 0.262. The Kier molecular flexibility index (Phi) is 9.83. The molecule has 1 unspecified atom stereocenters. The summed E-state index contributed by atoms with van der Waals surface area (Å²) < 4.78 is 38.4. The quantitative estimate of drug-likeness (QED) is 0.0994. The second kappa shape index (κ2) is 13.3. The van der Waals surface area contributed by atoms with Crippen molar-refractivity contribution in [3.63, 3.8) is 0 Å². The van der Waals surface area contributed by atoms with Gasteiger partial charge in [0.2, 0.25) is 11.7 Å². The lowest BCUT2D eigenvalue weighted by atomic mass is 10.2. The molecule has 0 N–H and O–H groups in total. The van der Waals surface area contributed by atoms with Gasteiger partial charge in [0.05, 0.1) is 18.6 Å². The summed E-state index contributed by atoms with van der Waals surface area (Å²) in [6, 6.07) is 19.9. The monoisotopic (exact) mass is 614 g/mol. The smallest absolute Gasteiger partial charge is 0.431 e. The summed E-state index contributed by atoms with van der Waals surface area (Å²) >= 11 is 3.32. The van der Waals surface area contributed by atoms with Crippen molar-refractivity contribution < 1.29 is 27.7 Å². The number of phosphoric ester groups is 1. The van der Waals surface area contributed by atoms with Gasteiger partial charge < -0.3 is 9.30 Å². The van der Waals surface area contributed by atoms with Crippen LogP contribution in [0, 0.1) is 0 Å². The van der Waals surface area contributed by atoms with E-state index < -0.39 is 25.5 Å². The molecule has 0 aliphatic heterocycles. The van der Waals surface area contributed by atoms with Crippen LogP contribution < -0.4 is 5.43 Å². The number of hydrogen-bond donors (Lipinski definition) is 0. The van der Waals surface area contributed by atoms with Crippen LogP contribution >= 0.6 is 23.8 Å². The molecule has 4 aromatic rings. The summed E-state index contributed by atoms with van der Waals surface area (Å²) in [5.41, 5.74) is 1.22. The van der Waals surface area contributed by atoms with E-state index in [1.165, 1.54) is 6.20 Å². The van der Waals surface area contributed by atoms with Gasteiger partial charge in [-0.25, -0.2) is 18.9 Å². The van der Waals surface area contributed by atoms with Crippen LogP contribution in [0.3, 0.4) is 0 Å². The maximum Gasteiger partial charge on any atom is 0.478 e. The minimum Gasteiger partial charge on any atom is -0.431 e. The molecule has 0 saturated carbocycles. The molecule has 2 heterocycles. The number of halogens is 1. The highest BCUT2D eigenvalue weighted by Crippen LogP contribution is 2.52. The zero-order valence-corrected chi connectivity index (χ0v) is 24.0. The van der Waals surface area contributed by atoms with Crippen LogP contribution in [0.1, 0.15) is 41.8 Å². The van der Waals surface area contributed by atoms with E-state index in [0.29, 0.717) is 16.7 Å². The van der Waals surface area contributed by atoms with Gasteiger partial charge in [-0.05, 0) is 40.0 Å².